The van der Waals surface area contributed by atoms with Gasteiger partial charge in [0.25, 0.3) is 0 Å². The lowest BCUT2D eigenvalue weighted by molar-refractivity contribution is -0.125. The van der Waals surface area contributed by atoms with Crippen LogP contribution < -0.4 is 5.32 Å². The van der Waals surface area contributed by atoms with E-state index in [-0.39, 0.29) is 11.7 Å². The van der Waals surface area contributed by atoms with E-state index in [1.165, 1.54) is 0 Å². The van der Waals surface area contributed by atoms with Crippen molar-refractivity contribution < 1.29 is 9.90 Å². The van der Waals surface area contributed by atoms with E-state index in [9.17, 15) is 9.90 Å². The Kier molecular flexibility index (Phi) is 5.09. The SMILES string of the molecule is CC(C)CNC(=O)C(C)(C)c1ccc(-c2ccccc2O)cc1. The van der Waals surface area contributed by atoms with Crippen molar-refractivity contribution in [3.05, 3.63) is 54.1 Å². The normalized spacial score (nSPS) is 11.5. The Morgan fingerprint density at radius 3 is 2.26 bits per heavy atom. The molecule has 0 heterocycles. The van der Waals surface area contributed by atoms with Gasteiger partial charge in [-0.1, -0.05) is 56.3 Å². The van der Waals surface area contributed by atoms with Crippen LogP contribution in [0.4, 0.5) is 0 Å². The van der Waals surface area contributed by atoms with Crippen molar-refractivity contribution in [1.29, 1.82) is 0 Å². The minimum atomic E-state index is -0.591. The lowest BCUT2D eigenvalue weighted by Gasteiger charge is -2.25. The van der Waals surface area contributed by atoms with Gasteiger partial charge in [-0.05, 0) is 37.0 Å². The van der Waals surface area contributed by atoms with E-state index in [1.54, 1.807) is 12.1 Å². The summed E-state index contributed by atoms with van der Waals surface area (Å²) in [6.45, 7) is 8.69. The van der Waals surface area contributed by atoms with E-state index in [4.69, 9.17) is 0 Å². The molecule has 0 aliphatic rings. The van der Waals surface area contributed by atoms with E-state index >= 15 is 0 Å². The first-order valence-electron chi connectivity index (χ1n) is 7.99. The molecule has 23 heavy (non-hydrogen) atoms. The molecule has 0 atom stereocenters. The molecule has 0 fully saturated rings. The monoisotopic (exact) mass is 311 g/mol. The standard InChI is InChI=1S/C20H25NO2/c1-14(2)13-21-19(23)20(3,4)16-11-9-15(10-12-16)17-7-5-6-8-18(17)22/h5-12,14,22H,13H2,1-4H3,(H,21,23). The summed E-state index contributed by atoms with van der Waals surface area (Å²) in [6, 6.07) is 15.1. The molecular weight excluding hydrogens is 286 g/mol. The van der Waals surface area contributed by atoms with Crippen molar-refractivity contribution in [3.63, 3.8) is 0 Å². The second-order valence-electron chi connectivity index (χ2n) is 6.82. The van der Waals surface area contributed by atoms with Crippen LogP contribution in [0.15, 0.2) is 48.5 Å². The maximum atomic E-state index is 12.4. The molecule has 0 radical (unpaired) electrons. The fourth-order valence-electron chi connectivity index (χ4n) is 2.43. The molecule has 0 aliphatic heterocycles. The highest BCUT2D eigenvalue weighted by atomic mass is 16.3. The van der Waals surface area contributed by atoms with Gasteiger partial charge in [0.05, 0.1) is 5.41 Å². The Labute approximate surface area is 138 Å². The van der Waals surface area contributed by atoms with Gasteiger partial charge in [0, 0.05) is 12.1 Å². The molecular formula is C20H25NO2. The minimum Gasteiger partial charge on any atom is -0.507 e. The smallest absolute Gasteiger partial charge is 0.230 e. The number of carbonyl (C=O) groups excluding carboxylic acids is 1. The Hall–Kier alpha value is -2.29. The van der Waals surface area contributed by atoms with Crippen LogP contribution in [-0.2, 0) is 10.2 Å². The molecule has 2 aromatic carbocycles. The zero-order valence-corrected chi connectivity index (χ0v) is 14.3. The highest BCUT2D eigenvalue weighted by molar-refractivity contribution is 5.87. The summed E-state index contributed by atoms with van der Waals surface area (Å²) in [5.41, 5.74) is 2.09. The minimum absolute atomic E-state index is 0.0292. The molecule has 2 aromatic rings. The molecule has 0 saturated heterocycles. The molecule has 122 valence electrons. The zero-order chi connectivity index (χ0) is 17.0. The number of carbonyl (C=O) groups is 1. The molecule has 0 unspecified atom stereocenters. The summed E-state index contributed by atoms with van der Waals surface area (Å²) in [7, 11) is 0. The van der Waals surface area contributed by atoms with E-state index in [1.807, 2.05) is 50.2 Å². The maximum Gasteiger partial charge on any atom is 0.230 e. The van der Waals surface area contributed by atoms with Crippen LogP contribution >= 0.6 is 0 Å². The summed E-state index contributed by atoms with van der Waals surface area (Å²) in [5.74, 6) is 0.717. The van der Waals surface area contributed by atoms with Crippen LogP contribution in [0.5, 0.6) is 5.75 Å². The van der Waals surface area contributed by atoms with Crippen LogP contribution in [0.2, 0.25) is 0 Å². The van der Waals surface area contributed by atoms with Gasteiger partial charge >= 0.3 is 0 Å². The lowest BCUT2D eigenvalue weighted by atomic mass is 9.83. The number of nitrogens with one attached hydrogen (secondary N) is 1. The van der Waals surface area contributed by atoms with Crippen molar-refractivity contribution in [1.82, 2.24) is 5.32 Å². The van der Waals surface area contributed by atoms with Gasteiger partial charge in [-0.3, -0.25) is 4.79 Å². The fourth-order valence-corrected chi connectivity index (χ4v) is 2.43. The van der Waals surface area contributed by atoms with Crippen LogP contribution in [0, 0.1) is 5.92 Å². The van der Waals surface area contributed by atoms with Crippen LogP contribution in [0.25, 0.3) is 11.1 Å². The Balaban J connectivity index is 2.21. The van der Waals surface area contributed by atoms with Gasteiger partial charge in [-0.15, -0.1) is 0 Å². The van der Waals surface area contributed by atoms with E-state index < -0.39 is 5.41 Å². The molecule has 0 aliphatic carbocycles. The molecule has 2 rings (SSSR count). The highest BCUT2D eigenvalue weighted by Gasteiger charge is 2.29. The fraction of sp³-hybridized carbons (Fsp3) is 0.350. The Morgan fingerprint density at radius 1 is 1.09 bits per heavy atom. The molecule has 1 amide bonds. The third kappa shape index (κ3) is 3.92. The van der Waals surface area contributed by atoms with E-state index in [2.05, 4.69) is 19.2 Å². The quantitative estimate of drug-likeness (QED) is 0.873. The number of hydrogen-bond acceptors (Lipinski definition) is 2. The Morgan fingerprint density at radius 2 is 1.70 bits per heavy atom. The van der Waals surface area contributed by atoms with Gasteiger partial charge in [-0.25, -0.2) is 0 Å². The van der Waals surface area contributed by atoms with Gasteiger partial charge in [0.1, 0.15) is 5.75 Å². The second-order valence-corrected chi connectivity index (χ2v) is 6.82. The van der Waals surface area contributed by atoms with E-state index in [0.717, 1.165) is 16.7 Å². The number of para-hydroxylation sites is 1. The number of phenolic OH excluding ortho intramolecular Hbond substituents is 1. The topological polar surface area (TPSA) is 49.3 Å². The third-order valence-corrected chi connectivity index (χ3v) is 4.06. The molecule has 0 bridgehead atoms. The van der Waals surface area contributed by atoms with Crippen molar-refractivity contribution in [3.8, 4) is 16.9 Å². The molecule has 3 heteroatoms. The Bertz CT molecular complexity index is 672. The van der Waals surface area contributed by atoms with Crippen molar-refractivity contribution >= 4 is 5.91 Å². The van der Waals surface area contributed by atoms with Crippen molar-refractivity contribution in [2.24, 2.45) is 5.92 Å². The number of benzene rings is 2. The summed E-state index contributed by atoms with van der Waals surface area (Å²) >= 11 is 0. The predicted molar refractivity (Wildman–Crippen MR) is 94.4 cm³/mol. The van der Waals surface area contributed by atoms with Crippen molar-refractivity contribution in [2.75, 3.05) is 6.54 Å². The summed E-state index contributed by atoms with van der Waals surface area (Å²) in [5, 5.41) is 12.9. The van der Waals surface area contributed by atoms with Gasteiger partial charge in [0.2, 0.25) is 5.91 Å². The van der Waals surface area contributed by atoms with Crippen LogP contribution in [0.1, 0.15) is 33.3 Å². The van der Waals surface area contributed by atoms with Crippen LogP contribution in [-0.4, -0.2) is 17.6 Å². The third-order valence-electron chi connectivity index (χ3n) is 4.06. The van der Waals surface area contributed by atoms with Crippen molar-refractivity contribution in [2.45, 2.75) is 33.1 Å². The average Bonchev–Trinajstić information content (AvgIpc) is 2.53. The van der Waals surface area contributed by atoms with Gasteiger partial charge in [-0.2, -0.15) is 0 Å². The number of rotatable bonds is 5. The first-order chi connectivity index (χ1) is 10.8. The zero-order valence-electron chi connectivity index (χ0n) is 14.3. The first kappa shape index (κ1) is 17.1. The molecule has 0 aromatic heterocycles. The molecule has 0 spiro atoms. The summed E-state index contributed by atoms with van der Waals surface area (Å²) in [4.78, 5) is 12.4. The van der Waals surface area contributed by atoms with Gasteiger partial charge in [0.15, 0.2) is 0 Å². The van der Waals surface area contributed by atoms with Crippen LogP contribution in [0.3, 0.4) is 0 Å². The number of aromatic hydroxyl groups is 1. The molecule has 3 nitrogen and oxygen atoms in total. The first-order valence-corrected chi connectivity index (χ1v) is 7.99. The summed E-state index contributed by atoms with van der Waals surface area (Å²) < 4.78 is 0. The number of hydrogen-bond donors (Lipinski definition) is 2. The second kappa shape index (κ2) is 6.86. The lowest BCUT2D eigenvalue weighted by Crippen LogP contribution is -2.41. The molecule has 2 N–H and O–H groups in total. The average molecular weight is 311 g/mol. The number of amides is 1. The highest BCUT2D eigenvalue weighted by Crippen LogP contribution is 2.31. The predicted octanol–water partition coefficient (Wildman–Crippen LogP) is 4.11. The van der Waals surface area contributed by atoms with Gasteiger partial charge < -0.3 is 10.4 Å². The summed E-state index contributed by atoms with van der Waals surface area (Å²) in [6.07, 6.45) is 0. The molecule has 0 saturated carbocycles. The number of phenols is 1. The van der Waals surface area contributed by atoms with E-state index in [0.29, 0.717) is 12.5 Å². The maximum absolute atomic E-state index is 12.4. The largest absolute Gasteiger partial charge is 0.507 e.